The molecule has 1 aromatic carbocycles. The molecule has 25 heavy (non-hydrogen) atoms. The number of carbonyl (C=O) groups excluding carboxylic acids is 3. The summed E-state index contributed by atoms with van der Waals surface area (Å²) in [4.78, 5) is 37.3. The zero-order chi connectivity index (χ0) is 18.6. The molecular weight excluding hydrogens is 320 g/mol. The van der Waals surface area contributed by atoms with Crippen LogP contribution in [0.2, 0.25) is 0 Å². The highest BCUT2D eigenvalue weighted by atomic mass is 16.5. The molecule has 2 aromatic rings. The van der Waals surface area contributed by atoms with Crippen molar-refractivity contribution in [1.82, 2.24) is 9.47 Å². The van der Waals surface area contributed by atoms with Gasteiger partial charge in [-0.15, -0.1) is 0 Å². The third-order valence-electron chi connectivity index (χ3n) is 4.20. The number of carbonyl (C=O) groups is 3. The first-order valence-corrected chi connectivity index (χ1v) is 7.96. The second-order valence-corrected chi connectivity index (χ2v) is 5.95. The Balaban J connectivity index is 1.97. The van der Waals surface area contributed by atoms with Gasteiger partial charge in [-0.2, -0.15) is 0 Å². The summed E-state index contributed by atoms with van der Waals surface area (Å²) in [7, 11) is 3.32. The van der Waals surface area contributed by atoms with Crippen LogP contribution < -0.4 is 0 Å². The summed E-state index contributed by atoms with van der Waals surface area (Å²) in [5.41, 5.74) is 1.66. The minimum Gasteiger partial charge on any atom is -0.451 e. The van der Waals surface area contributed by atoms with E-state index in [0.29, 0.717) is 5.56 Å². The fraction of sp³-hybridized carbons (Fsp3) is 0.316. The number of likely N-dealkylation sites (N-methyl/N-ethyl adjacent to an activating group) is 1. The van der Waals surface area contributed by atoms with Crippen LogP contribution in [0.3, 0.4) is 0 Å². The number of benzene rings is 1. The molecule has 0 saturated carbocycles. The average molecular weight is 342 g/mol. The molecule has 0 bridgehead atoms. The fourth-order valence-corrected chi connectivity index (χ4v) is 2.43. The van der Waals surface area contributed by atoms with Crippen molar-refractivity contribution in [3.8, 4) is 0 Å². The maximum atomic E-state index is 12.3. The van der Waals surface area contributed by atoms with Gasteiger partial charge in [0, 0.05) is 25.9 Å². The molecular formula is C19H22N2O4. The Morgan fingerprint density at radius 2 is 1.84 bits per heavy atom. The largest absolute Gasteiger partial charge is 0.451 e. The van der Waals surface area contributed by atoms with Crippen LogP contribution in [0.25, 0.3) is 0 Å². The summed E-state index contributed by atoms with van der Waals surface area (Å²) in [6.45, 7) is 2.98. The van der Waals surface area contributed by atoms with Crippen LogP contribution >= 0.6 is 0 Å². The number of ether oxygens (including phenoxy) is 1. The number of amides is 1. The van der Waals surface area contributed by atoms with E-state index >= 15 is 0 Å². The molecule has 0 fully saturated rings. The lowest BCUT2D eigenvalue weighted by Gasteiger charge is -2.25. The summed E-state index contributed by atoms with van der Waals surface area (Å²) in [6.07, 6.45) is 1.56. The standard InChI is InChI=1S/C19H22N2O4/c1-13(15-8-6-5-7-9-15)21(4)18(23)12-25-19(24)17-10-16(14(2)22)11-20(17)3/h5-11,13H,12H2,1-4H3/t13-/m1/s1. The van der Waals surface area contributed by atoms with Gasteiger partial charge in [0.2, 0.25) is 0 Å². The number of Topliss-reactive ketones (excluding diaryl/α,β-unsaturated/α-hetero) is 1. The van der Waals surface area contributed by atoms with E-state index in [9.17, 15) is 14.4 Å². The zero-order valence-corrected chi connectivity index (χ0v) is 14.9. The molecule has 0 saturated heterocycles. The summed E-state index contributed by atoms with van der Waals surface area (Å²) < 4.78 is 6.62. The van der Waals surface area contributed by atoms with E-state index in [2.05, 4.69) is 0 Å². The highest BCUT2D eigenvalue weighted by Crippen LogP contribution is 2.18. The lowest BCUT2D eigenvalue weighted by Crippen LogP contribution is -2.33. The summed E-state index contributed by atoms with van der Waals surface area (Å²) >= 11 is 0. The van der Waals surface area contributed by atoms with Crippen molar-refractivity contribution >= 4 is 17.7 Å². The molecule has 6 nitrogen and oxygen atoms in total. The molecule has 1 heterocycles. The van der Waals surface area contributed by atoms with Crippen molar-refractivity contribution in [3.63, 3.8) is 0 Å². The first-order valence-electron chi connectivity index (χ1n) is 7.96. The van der Waals surface area contributed by atoms with Gasteiger partial charge < -0.3 is 14.2 Å². The lowest BCUT2D eigenvalue weighted by atomic mass is 10.1. The van der Waals surface area contributed by atoms with E-state index in [1.165, 1.54) is 22.5 Å². The number of ketones is 1. The van der Waals surface area contributed by atoms with Gasteiger partial charge in [0.05, 0.1) is 6.04 Å². The van der Waals surface area contributed by atoms with E-state index in [4.69, 9.17) is 4.74 Å². The van der Waals surface area contributed by atoms with Crippen LogP contribution in [0, 0.1) is 0 Å². The van der Waals surface area contributed by atoms with E-state index < -0.39 is 5.97 Å². The summed E-state index contributed by atoms with van der Waals surface area (Å²) in [5.74, 6) is -1.07. The van der Waals surface area contributed by atoms with Crippen molar-refractivity contribution in [3.05, 3.63) is 59.4 Å². The van der Waals surface area contributed by atoms with Gasteiger partial charge >= 0.3 is 5.97 Å². The van der Waals surface area contributed by atoms with E-state index in [-0.39, 0.29) is 30.0 Å². The Hall–Kier alpha value is -2.89. The SMILES string of the molecule is CC(=O)c1cc(C(=O)OCC(=O)N(C)[C@H](C)c2ccccc2)n(C)c1. The van der Waals surface area contributed by atoms with Gasteiger partial charge in [-0.3, -0.25) is 9.59 Å². The molecule has 1 amide bonds. The van der Waals surface area contributed by atoms with Gasteiger partial charge in [-0.05, 0) is 25.5 Å². The first-order chi connectivity index (χ1) is 11.8. The van der Waals surface area contributed by atoms with Crippen molar-refractivity contribution in [1.29, 1.82) is 0 Å². The van der Waals surface area contributed by atoms with Crippen LogP contribution in [0.5, 0.6) is 0 Å². The molecule has 0 radical (unpaired) electrons. The van der Waals surface area contributed by atoms with E-state index in [1.54, 1.807) is 20.3 Å². The maximum absolute atomic E-state index is 12.3. The maximum Gasteiger partial charge on any atom is 0.355 e. The molecule has 0 spiro atoms. The number of nitrogens with zero attached hydrogens (tertiary/aromatic N) is 2. The predicted molar refractivity (Wildman–Crippen MR) is 93.3 cm³/mol. The van der Waals surface area contributed by atoms with Gasteiger partial charge in [-0.25, -0.2) is 4.79 Å². The number of aromatic nitrogens is 1. The van der Waals surface area contributed by atoms with Crippen molar-refractivity contribution in [2.45, 2.75) is 19.9 Å². The Bertz CT molecular complexity index is 780. The van der Waals surface area contributed by atoms with Crippen LogP contribution in [0.4, 0.5) is 0 Å². The molecule has 0 unspecified atom stereocenters. The molecule has 132 valence electrons. The van der Waals surface area contributed by atoms with Crippen LogP contribution in [0.15, 0.2) is 42.6 Å². The second kappa shape index (κ2) is 7.79. The van der Waals surface area contributed by atoms with Crippen molar-refractivity contribution in [2.24, 2.45) is 7.05 Å². The highest BCUT2D eigenvalue weighted by Gasteiger charge is 2.20. The highest BCUT2D eigenvalue weighted by molar-refractivity contribution is 5.98. The third-order valence-corrected chi connectivity index (χ3v) is 4.20. The Labute approximate surface area is 147 Å². The normalized spacial score (nSPS) is 11.7. The van der Waals surface area contributed by atoms with Gasteiger partial charge in [0.1, 0.15) is 5.69 Å². The quantitative estimate of drug-likeness (QED) is 0.598. The Kier molecular flexibility index (Phi) is 5.75. The fourth-order valence-electron chi connectivity index (χ4n) is 2.43. The molecule has 0 aliphatic heterocycles. The van der Waals surface area contributed by atoms with Crippen LogP contribution in [0.1, 0.15) is 46.3 Å². The van der Waals surface area contributed by atoms with E-state index in [1.807, 2.05) is 37.3 Å². The molecule has 6 heteroatoms. The number of hydrogen-bond donors (Lipinski definition) is 0. The molecule has 0 N–H and O–H groups in total. The molecule has 0 aliphatic carbocycles. The number of rotatable bonds is 6. The zero-order valence-electron chi connectivity index (χ0n) is 14.9. The molecule has 1 aromatic heterocycles. The first kappa shape index (κ1) is 18.4. The minimum atomic E-state index is -0.635. The number of esters is 1. The minimum absolute atomic E-state index is 0.133. The van der Waals surface area contributed by atoms with Gasteiger partial charge in [0.15, 0.2) is 12.4 Å². The number of hydrogen-bond acceptors (Lipinski definition) is 4. The van der Waals surface area contributed by atoms with Gasteiger partial charge in [0.25, 0.3) is 5.91 Å². The topological polar surface area (TPSA) is 68.6 Å². The summed E-state index contributed by atoms with van der Waals surface area (Å²) in [6, 6.07) is 10.9. The third kappa shape index (κ3) is 4.35. The number of aryl methyl sites for hydroxylation is 1. The van der Waals surface area contributed by atoms with Crippen molar-refractivity contribution < 1.29 is 19.1 Å². The van der Waals surface area contributed by atoms with Crippen LogP contribution in [-0.4, -0.2) is 40.8 Å². The Morgan fingerprint density at radius 1 is 1.20 bits per heavy atom. The predicted octanol–water partition coefficient (Wildman–Crippen LogP) is 2.60. The van der Waals surface area contributed by atoms with Crippen molar-refractivity contribution in [2.75, 3.05) is 13.7 Å². The van der Waals surface area contributed by atoms with Gasteiger partial charge in [-0.1, -0.05) is 30.3 Å². The van der Waals surface area contributed by atoms with E-state index in [0.717, 1.165) is 5.56 Å². The Morgan fingerprint density at radius 3 is 2.40 bits per heavy atom. The smallest absolute Gasteiger partial charge is 0.355 e. The van der Waals surface area contributed by atoms with Crippen LogP contribution in [-0.2, 0) is 16.6 Å². The molecule has 0 aliphatic rings. The summed E-state index contributed by atoms with van der Waals surface area (Å²) in [5, 5.41) is 0. The average Bonchev–Trinajstić information content (AvgIpc) is 3.01. The molecule has 1 atom stereocenters. The lowest BCUT2D eigenvalue weighted by molar-refractivity contribution is -0.135. The molecule has 2 rings (SSSR count). The monoisotopic (exact) mass is 342 g/mol. The second-order valence-electron chi connectivity index (χ2n) is 5.95.